The molecule has 2 aromatic carbocycles. The van der Waals surface area contributed by atoms with Crippen LogP contribution >= 0.6 is 0 Å². The molecule has 0 atom stereocenters. The summed E-state index contributed by atoms with van der Waals surface area (Å²) in [7, 11) is 6.16. The Bertz CT molecular complexity index is 636. The number of benzene rings is 2. The van der Waals surface area contributed by atoms with Crippen LogP contribution in [0.2, 0.25) is 0 Å². The number of carbonyl (C=O) groups is 1. The van der Waals surface area contributed by atoms with E-state index in [1.165, 1.54) is 11.3 Å². The molecule has 22 heavy (non-hydrogen) atoms. The first-order valence-corrected chi connectivity index (χ1v) is 7.23. The molecule has 0 fully saturated rings. The molecule has 0 spiro atoms. The Kier molecular flexibility index (Phi) is 5.17. The van der Waals surface area contributed by atoms with E-state index in [0.717, 1.165) is 18.7 Å². The summed E-state index contributed by atoms with van der Waals surface area (Å²) in [5.74, 6) is -0.889. The van der Waals surface area contributed by atoms with Crippen molar-refractivity contribution in [3.63, 3.8) is 0 Å². The Morgan fingerprint density at radius 3 is 2.18 bits per heavy atom. The zero-order valence-electron chi connectivity index (χ0n) is 13.3. The van der Waals surface area contributed by atoms with Crippen molar-refractivity contribution in [3.8, 4) is 0 Å². The van der Waals surface area contributed by atoms with Gasteiger partial charge in [-0.25, -0.2) is 4.79 Å². The predicted molar refractivity (Wildman–Crippen MR) is 89.3 cm³/mol. The molecule has 0 aliphatic heterocycles. The topological polar surface area (TPSA) is 43.8 Å². The highest BCUT2D eigenvalue weighted by atomic mass is 16.4. The van der Waals surface area contributed by atoms with Crippen molar-refractivity contribution in [2.45, 2.75) is 13.1 Å². The minimum absolute atomic E-state index is 0.323. The van der Waals surface area contributed by atoms with Crippen LogP contribution in [-0.2, 0) is 13.1 Å². The predicted octanol–water partition coefficient (Wildman–Crippen LogP) is 3.08. The van der Waals surface area contributed by atoms with Crippen LogP contribution in [0, 0.1) is 0 Å². The maximum Gasteiger partial charge on any atom is 0.335 e. The van der Waals surface area contributed by atoms with Crippen molar-refractivity contribution in [1.29, 1.82) is 0 Å². The minimum atomic E-state index is -0.889. The maximum absolute atomic E-state index is 10.9. The van der Waals surface area contributed by atoms with Gasteiger partial charge in [-0.3, -0.25) is 4.90 Å². The molecule has 0 amide bonds. The Hall–Kier alpha value is -2.33. The molecule has 1 N–H and O–H groups in total. The van der Waals surface area contributed by atoms with Gasteiger partial charge in [-0.15, -0.1) is 0 Å². The van der Waals surface area contributed by atoms with Crippen LogP contribution in [0.15, 0.2) is 48.5 Å². The monoisotopic (exact) mass is 298 g/mol. The van der Waals surface area contributed by atoms with E-state index in [9.17, 15) is 4.79 Å². The molecule has 116 valence electrons. The van der Waals surface area contributed by atoms with Gasteiger partial charge in [-0.2, -0.15) is 0 Å². The number of nitrogens with zero attached hydrogens (tertiary/aromatic N) is 2. The molecule has 0 unspecified atom stereocenters. The van der Waals surface area contributed by atoms with Gasteiger partial charge in [0.25, 0.3) is 0 Å². The SMILES string of the molecule is CN(Cc1ccc(C(=O)O)cc1)Cc1ccccc1N(C)C. The average Bonchev–Trinajstić information content (AvgIpc) is 2.48. The van der Waals surface area contributed by atoms with Crippen molar-refractivity contribution < 1.29 is 9.90 Å². The summed E-state index contributed by atoms with van der Waals surface area (Å²) in [6.07, 6.45) is 0. The first-order valence-electron chi connectivity index (χ1n) is 7.23. The van der Waals surface area contributed by atoms with Crippen LogP contribution in [0.5, 0.6) is 0 Å². The Balaban J connectivity index is 2.04. The molecule has 0 aromatic heterocycles. The molecule has 4 nitrogen and oxygen atoms in total. The summed E-state index contributed by atoms with van der Waals surface area (Å²) in [4.78, 5) is 15.2. The van der Waals surface area contributed by atoms with E-state index < -0.39 is 5.97 Å². The van der Waals surface area contributed by atoms with Crippen LogP contribution in [0.1, 0.15) is 21.5 Å². The van der Waals surface area contributed by atoms with Crippen molar-refractivity contribution in [1.82, 2.24) is 4.90 Å². The number of carboxylic acid groups (broad SMARTS) is 1. The first-order chi connectivity index (χ1) is 10.5. The Morgan fingerprint density at radius 2 is 1.59 bits per heavy atom. The van der Waals surface area contributed by atoms with Crippen molar-refractivity contribution >= 4 is 11.7 Å². The lowest BCUT2D eigenvalue weighted by Gasteiger charge is -2.22. The van der Waals surface area contributed by atoms with Gasteiger partial charge >= 0.3 is 5.97 Å². The van der Waals surface area contributed by atoms with Gasteiger partial charge in [0, 0.05) is 32.9 Å². The van der Waals surface area contributed by atoms with Gasteiger partial charge < -0.3 is 10.0 Å². The molecule has 0 bridgehead atoms. The normalized spacial score (nSPS) is 10.7. The fraction of sp³-hybridized carbons (Fsp3) is 0.278. The van der Waals surface area contributed by atoms with Gasteiger partial charge in [0.05, 0.1) is 5.56 Å². The molecule has 0 radical (unpaired) electrons. The molecule has 0 aliphatic carbocycles. The molecule has 0 aliphatic rings. The highest BCUT2D eigenvalue weighted by Crippen LogP contribution is 2.20. The first kappa shape index (κ1) is 16.0. The summed E-state index contributed by atoms with van der Waals surface area (Å²) < 4.78 is 0. The molecule has 2 rings (SSSR count). The lowest BCUT2D eigenvalue weighted by atomic mass is 10.1. The maximum atomic E-state index is 10.9. The number of carboxylic acids is 1. The van der Waals surface area contributed by atoms with Gasteiger partial charge in [0.2, 0.25) is 0 Å². The quantitative estimate of drug-likeness (QED) is 0.890. The zero-order chi connectivity index (χ0) is 16.1. The zero-order valence-corrected chi connectivity index (χ0v) is 13.3. The molecule has 2 aromatic rings. The van der Waals surface area contributed by atoms with Gasteiger partial charge in [-0.05, 0) is 36.4 Å². The van der Waals surface area contributed by atoms with E-state index in [-0.39, 0.29) is 0 Å². The van der Waals surface area contributed by atoms with E-state index in [0.29, 0.717) is 5.56 Å². The molecule has 0 heterocycles. The standard InChI is InChI=1S/C18H22N2O2/c1-19(2)17-7-5-4-6-16(17)13-20(3)12-14-8-10-15(11-9-14)18(21)22/h4-11H,12-13H2,1-3H3,(H,21,22). The summed E-state index contributed by atoms with van der Waals surface area (Å²) in [6.45, 7) is 1.62. The number of anilines is 1. The summed E-state index contributed by atoms with van der Waals surface area (Å²) in [5.41, 5.74) is 3.92. The number of para-hydroxylation sites is 1. The molecule has 0 saturated heterocycles. The van der Waals surface area contributed by atoms with Crippen LogP contribution in [0.4, 0.5) is 5.69 Å². The summed E-state index contributed by atoms with van der Waals surface area (Å²) in [5, 5.41) is 8.92. The summed E-state index contributed by atoms with van der Waals surface area (Å²) in [6, 6.07) is 15.4. The highest BCUT2D eigenvalue weighted by Gasteiger charge is 2.08. The van der Waals surface area contributed by atoms with Crippen LogP contribution in [0.25, 0.3) is 0 Å². The second kappa shape index (κ2) is 7.09. The largest absolute Gasteiger partial charge is 0.478 e. The van der Waals surface area contributed by atoms with E-state index in [4.69, 9.17) is 5.11 Å². The fourth-order valence-electron chi connectivity index (χ4n) is 2.49. The fourth-order valence-corrected chi connectivity index (χ4v) is 2.49. The van der Waals surface area contributed by atoms with Crippen molar-refractivity contribution in [3.05, 3.63) is 65.2 Å². The molecular formula is C18H22N2O2. The number of hydrogen-bond donors (Lipinski definition) is 1. The van der Waals surface area contributed by atoms with E-state index in [1.807, 2.05) is 32.3 Å². The van der Waals surface area contributed by atoms with Crippen LogP contribution in [0.3, 0.4) is 0 Å². The lowest BCUT2D eigenvalue weighted by Crippen LogP contribution is -2.20. The van der Waals surface area contributed by atoms with Crippen LogP contribution in [-0.4, -0.2) is 37.1 Å². The second-order valence-electron chi connectivity index (χ2n) is 5.70. The smallest absolute Gasteiger partial charge is 0.335 e. The third-order valence-electron chi connectivity index (χ3n) is 3.57. The van der Waals surface area contributed by atoms with Crippen LogP contribution < -0.4 is 4.90 Å². The molecule has 4 heteroatoms. The molecule has 0 saturated carbocycles. The third-order valence-corrected chi connectivity index (χ3v) is 3.57. The Labute approximate surface area is 131 Å². The third kappa shape index (κ3) is 4.09. The lowest BCUT2D eigenvalue weighted by molar-refractivity contribution is 0.0697. The van der Waals surface area contributed by atoms with Gasteiger partial charge in [-0.1, -0.05) is 30.3 Å². The van der Waals surface area contributed by atoms with Crippen molar-refractivity contribution in [2.24, 2.45) is 0 Å². The number of hydrogen-bond acceptors (Lipinski definition) is 3. The van der Waals surface area contributed by atoms with E-state index in [2.05, 4.69) is 35.0 Å². The number of rotatable bonds is 6. The number of aromatic carboxylic acids is 1. The minimum Gasteiger partial charge on any atom is -0.478 e. The Morgan fingerprint density at radius 1 is 0.955 bits per heavy atom. The highest BCUT2D eigenvalue weighted by molar-refractivity contribution is 5.87. The molecular weight excluding hydrogens is 276 g/mol. The van der Waals surface area contributed by atoms with Gasteiger partial charge in [0.1, 0.15) is 0 Å². The van der Waals surface area contributed by atoms with Crippen molar-refractivity contribution in [2.75, 3.05) is 26.0 Å². The van der Waals surface area contributed by atoms with E-state index >= 15 is 0 Å². The average molecular weight is 298 g/mol. The van der Waals surface area contributed by atoms with E-state index in [1.54, 1.807) is 12.1 Å². The second-order valence-corrected chi connectivity index (χ2v) is 5.70. The summed E-state index contributed by atoms with van der Waals surface area (Å²) >= 11 is 0. The van der Waals surface area contributed by atoms with Gasteiger partial charge in [0.15, 0.2) is 0 Å².